The van der Waals surface area contributed by atoms with E-state index in [1.54, 1.807) is 18.2 Å². The second kappa shape index (κ2) is 6.61. The summed E-state index contributed by atoms with van der Waals surface area (Å²) < 4.78 is 24.4. The van der Waals surface area contributed by atoms with Crippen LogP contribution in [0.5, 0.6) is 0 Å². The van der Waals surface area contributed by atoms with Gasteiger partial charge in [-0.2, -0.15) is 5.10 Å². The number of nitrogens with zero attached hydrogens (tertiary/aromatic N) is 2. The second-order valence-corrected chi connectivity index (χ2v) is 8.62. The van der Waals surface area contributed by atoms with Crippen molar-refractivity contribution in [1.82, 2.24) is 15.1 Å². The Labute approximate surface area is 148 Å². The van der Waals surface area contributed by atoms with E-state index in [0.29, 0.717) is 5.69 Å². The minimum absolute atomic E-state index is 0.0364. The number of hydrogen-bond acceptors (Lipinski definition) is 4. The molecule has 136 valence electrons. The number of carbonyl (C=O) groups excluding carboxylic acids is 1. The van der Waals surface area contributed by atoms with Gasteiger partial charge in [0.2, 0.25) is 10.0 Å². The summed E-state index contributed by atoms with van der Waals surface area (Å²) in [7, 11) is -3.73. The van der Waals surface area contributed by atoms with E-state index in [4.69, 9.17) is 5.14 Å². The van der Waals surface area contributed by atoms with Crippen LogP contribution in [0.25, 0.3) is 0 Å². The summed E-state index contributed by atoms with van der Waals surface area (Å²) in [5, 5.41) is 12.3. The van der Waals surface area contributed by atoms with Crippen LogP contribution < -0.4 is 10.5 Å². The van der Waals surface area contributed by atoms with Gasteiger partial charge in [0, 0.05) is 5.69 Å². The molecule has 0 spiro atoms. The zero-order valence-electron chi connectivity index (χ0n) is 15.1. The van der Waals surface area contributed by atoms with E-state index in [9.17, 15) is 13.2 Å². The summed E-state index contributed by atoms with van der Waals surface area (Å²) in [5.41, 5.74) is 1.81. The number of aromatic nitrogens is 2. The molecule has 0 saturated carbocycles. The van der Waals surface area contributed by atoms with E-state index in [0.717, 1.165) is 11.3 Å². The molecule has 0 fully saturated rings. The molecule has 1 amide bonds. The number of aryl methyl sites for hydroxylation is 1. The number of sulfonamides is 1. The summed E-state index contributed by atoms with van der Waals surface area (Å²) in [6, 6.07) is 7.55. The number of carbonyl (C=O) groups is 1. The molecule has 0 saturated heterocycles. The lowest BCUT2D eigenvalue weighted by Crippen LogP contribution is -2.28. The van der Waals surface area contributed by atoms with Crippen molar-refractivity contribution in [2.24, 2.45) is 5.14 Å². The SMILES string of the molecule is Cc1cc(C(=O)NC(C)c2ccc(S(N)(=O)=O)cc2)nn1C(C)(C)C. The van der Waals surface area contributed by atoms with Crippen LogP contribution in [0.3, 0.4) is 0 Å². The Morgan fingerprint density at radius 1 is 1.24 bits per heavy atom. The molecule has 1 heterocycles. The molecule has 1 atom stereocenters. The number of rotatable bonds is 4. The van der Waals surface area contributed by atoms with Crippen molar-refractivity contribution < 1.29 is 13.2 Å². The third-order valence-electron chi connectivity index (χ3n) is 3.81. The number of nitrogens with two attached hydrogens (primary N) is 1. The highest BCUT2D eigenvalue weighted by molar-refractivity contribution is 7.89. The smallest absolute Gasteiger partial charge is 0.272 e. The predicted molar refractivity (Wildman–Crippen MR) is 95.7 cm³/mol. The van der Waals surface area contributed by atoms with E-state index in [-0.39, 0.29) is 22.4 Å². The van der Waals surface area contributed by atoms with Gasteiger partial charge in [0.05, 0.1) is 16.5 Å². The van der Waals surface area contributed by atoms with Crippen molar-refractivity contribution in [2.45, 2.75) is 51.1 Å². The van der Waals surface area contributed by atoms with Gasteiger partial charge in [-0.25, -0.2) is 13.6 Å². The van der Waals surface area contributed by atoms with Crippen molar-refractivity contribution in [2.75, 3.05) is 0 Å². The zero-order chi connectivity index (χ0) is 19.0. The monoisotopic (exact) mass is 364 g/mol. The summed E-state index contributed by atoms with van der Waals surface area (Å²) in [6.45, 7) is 9.78. The molecular weight excluding hydrogens is 340 g/mol. The molecule has 2 rings (SSSR count). The topological polar surface area (TPSA) is 107 Å². The van der Waals surface area contributed by atoms with Gasteiger partial charge in [-0.1, -0.05) is 12.1 Å². The first-order valence-corrected chi connectivity index (χ1v) is 9.45. The summed E-state index contributed by atoms with van der Waals surface area (Å²) in [5.74, 6) is -0.283. The van der Waals surface area contributed by atoms with Gasteiger partial charge in [-0.15, -0.1) is 0 Å². The van der Waals surface area contributed by atoms with Gasteiger partial charge in [0.1, 0.15) is 5.69 Å². The number of hydrogen-bond donors (Lipinski definition) is 2. The Morgan fingerprint density at radius 3 is 2.24 bits per heavy atom. The van der Waals surface area contributed by atoms with E-state index in [1.165, 1.54) is 12.1 Å². The summed E-state index contributed by atoms with van der Waals surface area (Å²) in [6.07, 6.45) is 0. The molecule has 25 heavy (non-hydrogen) atoms. The maximum absolute atomic E-state index is 12.4. The van der Waals surface area contributed by atoms with Crippen LogP contribution in [0.2, 0.25) is 0 Å². The van der Waals surface area contributed by atoms with Gasteiger partial charge in [-0.05, 0) is 58.4 Å². The quantitative estimate of drug-likeness (QED) is 0.866. The Kier molecular flexibility index (Phi) is 5.06. The van der Waals surface area contributed by atoms with E-state index in [1.807, 2.05) is 39.3 Å². The largest absolute Gasteiger partial charge is 0.344 e. The average Bonchev–Trinajstić information content (AvgIpc) is 2.88. The first-order chi connectivity index (χ1) is 11.4. The second-order valence-electron chi connectivity index (χ2n) is 7.06. The number of nitrogens with one attached hydrogen (secondary N) is 1. The summed E-state index contributed by atoms with van der Waals surface area (Å²) >= 11 is 0. The average molecular weight is 364 g/mol. The zero-order valence-corrected chi connectivity index (χ0v) is 15.9. The fourth-order valence-electron chi connectivity index (χ4n) is 2.56. The maximum Gasteiger partial charge on any atom is 0.272 e. The van der Waals surface area contributed by atoms with Crippen LogP contribution >= 0.6 is 0 Å². The molecule has 3 N–H and O–H groups in total. The molecule has 1 aromatic heterocycles. The summed E-state index contributed by atoms with van der Waals surface area (Å²) in [4.78, 5) is 12.5. The standard InChI is InChI=1S/C17H24N4O3S/c1-11-10-15(20-21(11)17(3,4)5)16(22)19-12(2)13-6-8-14(9-7-13)25(18,23)24/h6-10,12H,1-5H3,(H,19,22)(H2,18,23,24). The van der Waals surface area contributed by atoms with E-state index >= 15 is 0 Å². The van der Waals surface area contributed by atoms with Gasteiger partial charge in [0.25, 0.3) is 5.91 Å². The van der Waals surface area contributed by atoms with Crippen LogP contribution in [-0.4, -0.2) is 24.1 Å². The predicted octanol–water partition coefficient (Wildman–Crippen LogP) is 2.08. The van der Waals surface area contributed by atoms with Gasteiger partial charge in [-0.3, -0.25) is 9.48 Å². The lowest BCUT2D eigenvalue weighted by atomic mass is 10.1. The lowest BCUT2D eigenvalue weighted by Gasteiger charge is -2.21. The highest BCUT2D eigenvalue weighted by Gasteiger charge is 2.21. The van der Waals surface area contributed by atoms with Gasteiger partial charge < -0.3 is 5.32 Å². The van der Waals surface area contributed by atoms with Crippen LogP contribution in [0, 0.1) is 6.92 Å². The molecule has 0 radical (unpaired) electrons. The highest BCUT2D eigenvalue weighted by Crippen LogP contribution is 2.19. The molecule has 1 aromatic carbocycles. The molecular formula is C17H24N4O3S. The van der Waals surface area contributed by atoms with Crippen LogP contribution in [0.1, 0.15) is 55.5 Å². The minimum Gasteiger partial charge on any atom is -0.344 e. The third kappa shape index (κ3) is 4.46. The fraction of sp³-hybridized carbons (Fsp3) is 0.412. The van der Waals surface area contributed by atoms with Crippen LogP contribution in [0.15, 0.2) is 35.2 Å². The van der Waals surface area contributed by atoms with Crippen molar-refractivity contribution in [3.05, 3.63) is 47.3 Å². The van der Waals surface area contributed by atoms with Crippen LogP contribution in [-0.2, 0) is 15.6 Å². The number of benzene rings is 1. The Morgan fingerprint density at radius 2 is 1.80 bits per heavy atom. The molecule has 2 aromatic rings. The molecule has 0 aliphatic rings. The Bertz CT molecular complexity index is 878. The third-order valence-corrected chi connectivity index (χ3v) is 4.74. The van der Waals surface area contributed by atoms with Crippen molar-refractivity contribution >= 4 is 15.9 Å². The molecule has 0 aliphatic carbocycles. The Balaban J connectivity index is 2.15. The van der Waals surface area contributed by atoms with Crippen molar-refractivity contribution in [3.8, 4) is 0 Å². The first kappa shape index (κ1) is 19.1. The van der Waals surface area contributed by atoms with Crippen molar-refractivity contribution in [3.63, 3.8) is 0 Å². The molecule has 8 heteroatoms. The van der Waals surface area contributed by atoms with Gasteiger partial charge >= 0.3 is 0 Å². The molecule has 0 bridgehead atoms. The van der Waals surface area contributed by atoms with Crippen molar-refractivity contribution in [1.29, 1.82) is 0 Å². The maximum atomic E-state index is 12.4. The number of primary sulfonamides is 1. The lowest BCUT2D eigenvalue weighted by molar-refractivity contribution is 0.0933. The molecule has 7 nitrogen and oxygen atoms in total. The first-order valence-electron chi connectivity index (χ1n) is 7.90. The number of amides is 1. The molecule has 0 aliphatic heterocycles. The van der Waals surface area contributed by atoms with Crippen LogP contribution in [0.4, 0.5) is 0 Å². The van der Waals surface area contributed by atoms with E-state index < -0.39 is 10.0 Å². The fourth-order valence-corrected chi connectivity index (χ4v) is 3.08. The highest BCUT2D eigenvalue weighted by atomic mass is 32.2. The molecule has 1 unspecified atom stereocenters. The van der Waals surface area contributed by atoms with Gasteiger partial charge in [0.15, 0.2) is 0 Å². The Hall–Kier alpha value is -2.19. The van der Waals surface area contributed by atoms with E-state index in [2.05, 4.69) is 10.4 Å². The normalized spacial score (nSPS) is 13.5. The minimum atomic E-state index is -3.73.